The number of fused-ring (bicyclic) bond motifs is 1. The quantitative estimate of drug-likeness (QED) is 0.517. The van der Waals surface area contributed by atoms with Crippen molar-refractivity contribution in [2.75, 3.05) is 0 Å². The number of hydrogen-bond donors (Lipinski definition) is 1. The molecule has 1 N–H and O–H groups in total. The van der Waals surface area contributed by atoms with Crippen LogP contribution in [0.1, 0.15) is 11.1 Å². The zero-order chi connectivity index (χ0) is 17.9. The van der Waals surface area contributed by atoms with Crippen LogP contribution in [0, 0.1) is 6.92 Å². The molecule has 0 aliphatic heterocycles. The van der Waals surface area contributed by atoms with Crippen LogP contribution in [0.5, 0.6) is 0 Å². The Balaban J connectivity index is 1.91. The summed E-state index contributed by atoms with van der Waals surface area (Å²) < 4.78 is 1.87. The summed E-state index contributed by atoms with van der Waals surface area (Å²) in [5.74, 6) is 0.643. The summed E-state index contributed by atoms with van der Waals surface area (Å²) in [6, 6.07) is 21.5. The summed E-state index contributed by atoms with van der Waals surface area (Å²) in [5.41, 5.74) is 5.17. The van der Waals surface area contributed by atoms with E-state index in [0.29, 0.717) is 5.82 Å². The maximum atomic E-state index is 9.47. The van der Waals surface area contributed by atoms with Crippen molar-refractivity contribution in [1.29, 1.82) is 0 Å². The van der Waals surface area contributed by atoms with E-state index in [1.54, 1.807) is 0 Å². The number of aliphatic hydroxyl groups is 1. The summed E-state index contributed by atoms with van der Waals surface area (Å²) >= 11 is 0. The number of hydrogen-bond acceptors (Lipinski definition) is 4. The number of rotatable bonds is 4. The van der Waals surface area contributed by atoms with Gasteiger partial charge < -0.3 is 5.11 Å². The van der Waals surface area contributed by atoms with Crippen LogP contribution >= 0.6 is 0 Å². The smallest absolute Gasteiger partial charge is 0.187 e. The van der Waals surface area contributed by atoms with Gasteiger partial charge in [-0.1, -0.05) is 54.6 Å². The Bertz CT molecular complexity index is 1080. The summed E-state index contributed by atoms with van der Waals surface area (Å²) in [7, 11) is 0. The van der Waals surface area contributed by atoms with Crippen LogP contribution in [0.15, 0.2) is 83.2 Å². The average Bonchev–Trinajstić information content (AvgIpc) is 3.05. The van der Waals surface area contributed by atoms with Gasteiger partial charge in [0.2, 0.25) is 0 Å². The number of aromatic nitrogens is 2. The van der Waals surface area contributed by atoms with Gasteiger partial charge in [-0.25, -0.2) is 4.98 Å². The van der Waals surface area contributed by atoms with Gasteiger partial charge in [0.1, 0.15) is 11.3 Å². The van der Waals surface area contributed by atoms with Gasteiger partial charge in [0.25, 0.3) is 0 Å². The zero-order valence-corrected chi connectivity index (χ0v) is 14.4. The fraction of sp³-hybridized carbons (Fsp3) is 0.0952. The lowest BCUT2D eigenvalue weighted by Gasteiger charge is -2.02. The van der Waals surface area contributed by atoms with Gasteiger partial charge in [0, 0.05) is 11.8 Å². The Labute approximate surface area is 151 Å². The second kappa shape index (κ2) is 6.90. The molecule has 0 bridgehead atoms. The molecule has 0 saturated carbocycles. The molecule has 0 saturated heterocycles. The van der Waals surface area contributed by atoms with Gasteiger partial charge in [0.15, 0.2) is 5.82 Å². The minimum Gasteiger partial charge on any atom is -0.392 e. The average molecular weight is 342 g/mol. The van der Waals surface area contributed by atoms with Crippen LogP contribution in [0.25, 0.3) is 16.9 Å². The SMILES string of the molecule is Cc1ccccc1N=Nc1c(-c2ccccc2)nc2ccc(CO)cn12. The number of pyridine rings is 1. The highest BCUT2D eigenvalue weighted by Crippen LogP contribution is 2.32. The van der Waals surface area contributed by atoms with Gasteiger partial charge in [0.05, 0.1) is 12.3 Å². The molecular formula is C21H18N4O. The lowest BCUT2D eigenvalue weighted by Crippen LogP contribution is -1.89. The predicted molar refractivity (Wildman–Crippen MR) is 102 cm³/mol. The Hall–Kier alpha value is -3.31. The first-order valence-corrected chi connectivity index (χ1v) is 8.41. The van der Waals surface area contributed by atoms with Crippen molar-refractivity contribution in [2.45, 2.75) is 13.5 Å². The van der Waals surface area contributed by atoms with Gasteiger partial charge in [-0.05, 0) is 30.2 Å². The first-order chi connectivity index (χ1) is 12.8. The van der Waals surface area contributed by atoms with Gasteiger partial charge in [-0.15, -0.1) is 10.2 Å². The van der Waals surface area contributed by atoms with E-state index >= 15 is 0 Å². The van der Waals surface area contributed by atoms with Gasteiger partial charge >= 0.3 is 0 Å². The van der Waals surface area contributed by atoms with Gasteiger partial charge in [-0.2, -0.15) is 0 Å². The molecule has 2 aromatic heterocycles. The lowest BCUT2D eigenvalue weighted by molar-refractivity contribution is 0.281. The third-order valence-corrected chi connectivity index (χ3v) is 4.25. The molecule has 0 aliphatic carbocycles. The van der Waals surface area contributed by atoms with Crippen LogP contribution in [0.2, 0.25) is 0 Å². The van der Waals surface area contributed by atoms with Crippen molar-refractivity contribution in [3.63, 3.8) is 0 Å². The van der Waals surface area contributed by atoms with Gasteiger partial charge in [-0.3, -0.25) is 4.40 Å². The maximum absolute atomic E-state index is 9.47. The second-order valence-corrected chi connectivity index (χ2v) is 6.06. The molecule has 0 amide bonds. The molecule has 0 fully saturated rings. The van der Waals surface area contributed by atoms with E-state index in [0.717, 1.165) is 33.7 Å². The van der Waals surface area contributed by atoms with Crippen molar-refractivity contribution in [3.05, 3.63) is 84.1 Å². The number of azo groups is 1. The fourth-order valence-corrected chi connectivity index (χ4v) is 2.83. The topological polar surface area (TPSA) is 62.2 Å². The fourth-order valence-electron chi connectivity index (χ4n) is 2.83. The molecule has 0 atom stereocenters. The van der Waals surface area contributed by atoms with Crippen molar-refractivity contribution >= 4 is 17.2 Å². The highest BCUT2D eigenvalue weighted by molar-refractivity contribution is 5.74. The summed E-state index contributed by atoms with van der Waals surface area (Å²) in [6.45, 7) is 1.97. The van der Waals surface area contributed by atoms with Crippen molar-refractivity contribution in [1.82, 2.24) is 9.38 Å². The second-order valence-electron chi connectivity index (χ2n) is 6.06. The summed E-state index contributed by atoms with van der Waals surface area (Å²) in [6.07, 6.45) is 1.85. The normalized spacial score (nSPS) is 11.5. The van der Waals surface area contributed by atoms with E-state index in [4.69, 9.17) is 4.98 Å². The molecule has 5 nitrogen and oxygen atoms in total. The largest absolute Gasteiger partial charge is 0.392 e. The van der Waals surface area contributed by atoms with E-state index in [1.807, 2.05) is 84.3 Å². The molecule has 0 spiro atoms. The number of benzene rings is 2. The first kappa shape index (κ1) is 16.2. The summed E-state index contributed by atoms with van der Waals surface area (Å²) in [4.78, 5) is 4.72. The molecular weight excluding hydrogens is 324 g/mol. The van der Waals surface area contributed by atoms with Crippen molar-refractivity contribution in [2.24, 2.45) is 10.2 Å². The van der Waals surface area contributed by atoms with E-state index in [1.165, 1.54) is 0 Å². The lowest BCUT2D eigenvalue weighted by atomic mass is 10.1. The number of nitrogens with zero attached hydrogens (tertiary/aromatic N) is 4. The predicted octanol–water partition coefficient (Wildman–Crippen LogP) is 5.22. The minimum absolute atomic E-state index is 0.0385. The van der Waals surface area contributed by atoms with Crippen LogP contribution in [-0.2, 0) is 6.61 Å². The molecule has 5 heteroatoms. The standard InChI is InChI=1S/C21H18N4O/c1-15-7-5-6-10-18(15)23-24-21-20(17-8-3-2-4-9-17)22-19-12-11-16(14-26)13-25(19)21/h2-13,26H,14H2,1H3. The molecule has 0 aliphatic rings. The molecule has 128 valence electrons. The molecule has 4 rings (SSSR count). The van der Waals surface area contributed by atoms with Crippen molar-refractivity contribution < 1.29 is 5.11 Å². The Morgan fingerprint density at radius 1 is 0.923 bits per heavy atom. The monoisotopic (exact) mass is 342 g/mol. The van der Waals surface area contributed by atoms with Crippen molar-refractivity contribution in [3.8, 4) is 11.3 Å². The van der Waals surface area contributed by atoms with Crippen LogP contribution in [-0.4, -0.2) is 14.5 Å². The summed E-state index contributed by atoms with van der Waals surface area (Å²) in [5, 5.41) is 18.4. The van der Waals surface area contributed by atoms with Crippen LogP contribution in [0.3, 0.4) is 0 Å². The molecule has 0 radical (unpaired) electrons. The number of aryl methyl sites for hydroxylation is 1. The molecule has 4 aromatic rings. The molecule has 26 heavy (non-hydrogen) atoms. The molecule has 2 heterocycles. The zero-order valence-electron chi connectivity index (χ0n) is 14.4. The Kier molecular flexibility index (Phi) is 4.29. The van der Waals surface area contributed by atoms with Crippen LogP contribution in [0.4, 0.5) is 11.5 Å². The van der Waals surface area contributed by atoms with E-state index in [9.17, 15) is 5.11 Å². The number of imidazole rings is 1. The van der Waals surface area contributed by atoms with Crippen LogP contribution < -0.4 is 0 Å². The molecule has 0 unspecified atom stereocenters. The van der Waals surface area contributed by atoms with E-state index in [2.05, 4.69) is 10.2 Å². The minimum atomic E-state index is -0.0385. The number of aliphatic hydroxyl groups excluding tert-OH is 1. The molecule has 2 aromatic carbocycles. The van der Waals surface area contributed by atoms with E-state index < -0.39 is 0 Å². The van der Waals surface area contributed by atoms with E-state index in [-0.39, 0.29) is 6.61 Å². The third kappa shape index (κ3) is 3.00. The Morgan fingerprint density at radius 3 is 2.46 bits per heavy atom. The Morgan fingerprint density at radius 2 is 1.69 bits per heavy atom. The highest BCUT2D eigenvalue weighted by Gasteiger charge is 2.14. The first-order valence-electron chi connectivity index (χ1n) is 8.41. The highest BCUT2D eigenvalue weighted by atomic mass is 16.3. The maximum Gasteiger partial charge on any atom is 0.187 e. The third-order valence-electron chi connectivity index (χ3n) is 4.25.